The van der Waals surface area contributed by atoms with Crippen molar-refractivity contribution in [2.45, 2.75) is 13.3 Å². The molecule has 6 nitrogen and oxygen atoms in total. The zero-order chi connectivity index (χ0) is 16.3. The van der Waals surface area contributed by atoms with Crippen molar-refractivity contribution in [1.82, 2.24) is 4.98 Å². The molecule has 1 N–H and O–H groups in total. The van der Waals surface area contributed by atoms with E-state index in [4.69, 9.17) is 19.3 Å². The van der Waals surface area contributed by atoms with Crippen LogP contribution in [-0.4, -0.2) is 37.4 Å². The molecular weight excluding hydrogens is 306 g/mol. The molecule has 0 amide bonds. The molecule has 1 aromatic carbocycles. The van der Waals surface area contributed by atoms with Gasteiger partial charge in [0.15, 0.2) is 11.5 Å². The first-order valence-electron chi connectivity index (χ1n) is 6.48. The fourth-order valence-corrected chi connectivity index (χ4v) is 3.08. The van der Waals surface area contributed by atoms with Crippen LogP contribution in [0, 0.1) is 6.92 Å². The van der Waals surface area contributed by atoms with E-state index in [1.54, 1.807) is 28.3 Å². The second kappa shape index (κ2) is 6.65. The highest BCUT2D eigenvalue weighted by atomic mass is 32.1. The maximum atomic E-state index is 11.1. The van der Waals surface area contributed by atoms with Crippen LogP contribution in [0.5, 0.6) is 17.2 Å². The van der Waals surface area contributed by atoms with E-state index in [0.29, 0.717) is 29.4 Å². The van der Waals surface area contributed by atoms with Gasteiger partial charge in [-0.3, -0.25) is 0 Å². The molecule has 0 fully saturated rings. The quantitative estimate of drug-likeness (QED) is 0.881. The number of benzene rings is 1. The number of nitrogens with zero attached hydrogens (tertiary/aromatic N) is 1. The van der Waals surface area contributed by atoms with E-state index in [1.165, 1.54) is 11.3 Å². The van der Waals surface area contributed by atoms with Gasteiger partial charge in [-0.25, -0.2) is 9.78 Å². The van der Waals surface area contributed by atoms with Gasteiger partial charge in [-0.1, -0.05) is 0 Å². The van der Waals surface area contributed by atoms with Crippen LogP contribution in [0.15, 0.2) is 12.1 Å². The number of hydrogen-bond donors (Lipinski definition) is 1. The van der Waals surface area contributed by atoms with Crippen LogP contribution in [-0.2, 0) is 6.42 Å². The molecule has 0 aliphatic carbocycles. The van der Waals surface area contributed by atoms with E-state index >= 15 is 0 Å². The molecule has 0 bridgehead atoms. The molecule has 0 aliphatic rings. The Hall–Kier alpha value is -2.28. The molecule has 1 heterocycles. The normalized spacial score (nSPS) is 10.4. The van der Waals surface area contributed by atoms with Crippen molar-refractivity contribution in [2.75, 3.05) is 21.3 Å². The Kier molecular flexibility index (Phi) is 4.87. The van der Waals surface area contributed by atoms with Gasteiger partial charge in [0.2, 0.25) is 5.75 Å². The van der Waals surface area contributed by atoms with Crippen molar-refractivity contribution in [3.8, 4) is 17.2 Å². The molecule has 0 radical (unpaired) electrons. The fourth-order valence-electron chi connectivity index (χ4n) is 2.14. The van der Waals surface area contributed by atoms with Gasteiger partial charge in [0.1, 0.15) is 4.88 Å². The van der Waals surface area contributed by atoms with E-state index in [9.17, 15) is 4.79 Å². The highest BCUT2D eigenvalue weighted by Gasteiger charge is 2.17. The Bertz CT molecular complexity index is 670. The first-order valence-corrected chi connectivity index (χ1v) is 7.30. The molecule has 0 spiro atoms. The average molecular weight is 323 g/mol. The first kappa shape index (κ1) is 16.1. The van der Waals surface area contributed by atoms with Crippen LogP contribution in [0.3, 0.4) is 0 Å². The third-order valence-corrected chi connectivity index (χ3v) is 4.26. The molecule has 0 aliphatic heterocycles. The summed E-state index contributed by atoms with van der Waals surface area (Å²) in [5.74, 6) is 0.689. The van der Waals surface area contributed by atoms with Gasteiger partial charge in [0.25, 0.3) is 0 Å². The van der Waals surface area contributed by atoms with Gasteiger partial charge in [-0.05, 0) is 24.6 Å². The Balaban J connectivity index is 2.37. The number of aromatic carboxylic acids is 1. The van der Waals surface area contributed by atoms with Gasteiger partial charge in [0, 0.05) is 6.42 Å². The molecular formula is C15H17NO5S. The Morgan fingerprint density at radius 2 is 1.77 bits per heavy atom. The lowest BCUT2D eigenvalue weighted by Gasteiger charge is -2.13. The summed E-state index contributed by atoms with van der Waals surface area (Å²) in [5.41, 5.74) is 1.43. The number of aryl methyl sites for hydroxylation is 1. The number of aromatic nitrogens is 1. The summed E-state index contributed by atoms with van der Waals surface area (Å²) in [4.78, 5) is 15.7. The number of ether oxygens (including phenoxy) is 3. The summed E-state index contributed by atoms with van der Waals surface area (Å²) in [6.07, 6.45) is 0.496. The van der Waals surface area contributed by atoms with E-state index < -0.39 is 5.97 Å². The topological polar surface area (TPSA) is 77.9 Å². The third kappa shape index (κ3) is 3.14. The molecule has 1 aromatic heterocycles. The number of carboxylic acid groups (broad SMARTS) is 1. The zero-order valence-electron chi connectivity index (χ0n) is 12.8. The lowest BCUT2D eigenvalue weighted by Crippen LogP contribution is -1.97. The average Bonchev–Trinajstić information content (AvgIpc) is 2.86. The highest BCUT2D eigenvalue weighted by Crippen LogP contribution is 2.38. The number of methoxy groups -OCH3 is 3. The minimum atomic E-state index is -0.953. The standard InChI is InChI=1S/C15H17NO5S/c1-8-14(15(17)18)22-12(16-8)7-9-5-10(19-2)13(21-4)11(6-9)20-3/h5-6H,7H2,1-4H3,(H,17,18). The van der Waals surface area contributed by atoms with Gasteiger partial charge in [-0.15, -0.1) is 11.3 Å². The number of carboxylic acids is 1. The number of thiazole rings is 1. The van der Waals surface area contributed by atoms with Crippen LogP contribution in [0.2, 0.25) is 0 Å². The lowest BCUT2D eigenvalue weighted by atomic mass is 10.1. The van der Waals surface area contributed by atoms with E-state index in [2.05, 4.69) is 4.98 Å². The monoisotopic (exact) mass is 323 g/mol. The Morgan fingerprint density at radius 3 is 2.18 bits per heavy atom. The molecule has 0 saturated carbocycles. The first-order chi connectivity index (χ1) is 10.5. The van der Waals surface area contributed by atoms with Crippen molar-refractivity contribution in [2.24, 2.45) is 0 Å². The number of rotatable bonds is 6. The molecule has 2 rings (SSSR count). The van der Waals surface area contributed by atoms with E-state index in [1.807, 2.05) is 12.1 Å². The second-order valence-electron chi connectivity index (χ2n) is 4.54. The minimum Gasteiger partial charge on any atom is -0.493 e. The highest BCUT2D eigenvalue weighted by molar-refractivity contribution is 7.13. The molecule has 0 atom stereocenters. The summed E-state index contributed by atoms with van der Waals surface area (Å²) >= 11 is 1.18. The smallest absolute Gasteiger partial charge is 0.347 e. The minimum absolute atomic E-state index is 0.266. The molecule has 7 heteroatoms. The summed E-state index contributed by atoms with van der Waals surface area (Å²) in [5, 5.41) is 9.82. The molecule has 2 aromatic rings. The summed E-state index contributed by atoms with van der Waals surface area (Å²) < 4.78 is 15.9. The Morgan fingerprint density at radius 1 is 1.18 bits per heavy atom. The van der Waals surface area contributed by atoms with Gasteiger partial charge >= 0.3 is 5.97 Å². The maximum Gasteiger partial charge on any atom is 0.347 e. The fraction of sp³-hybridized carbons (Fsp3) is 0.333. The van der Waals surface area contributed by atoms with E-state index in [-0.39, 0.29) is 4.88 Å². The van der Waals surface area contributed by atoms with Gasteiger partial charge in [-0.2, -0.15) is 0 Å². The molecule has 22 heavy (non-hydrogen) atoms. The van der Waals surface area contributed by atoms with Crippen LogP contribution < -0.4 is 14.2 Å². The lowest BCUT2D eigenvalue weighted by molar-refractivity contribution is 0.0701. The number of carbonyl (C=O) groups is 1. The van der Waals surface area contributed by atoms with E-state index in [0.717, 1.165) is 10.6 Å². The summed E-state index contributed by atoms with van der Waals surface area (Å²) in [6, 6.07) is 3.66. The predicted octanol–water partition coefficient (Wildman–Crippen LogP) is 2.77. The molecule has 0 unspecified atom stereocenters. The maximum absolute atomic E-state index is 11.1. The second-order valence-corrected chi connectivity index (χ2v) is 5.62. The van der Waals surface area contributed by atoms with Crippen molar-refractivity contribution in [3.05, 3.63) is 33.3 Å². The molecule has 0 saturated heterocycles. The van der Waals surface area contributed by atoms with Crippen molar-refractivity contribution in [3.63, 3.8) is 0 Å². The van der Waals surface area contributed by atoms with Gasteiger partial charge < -0.3 is 19.3 Å². The van der Waals surface area contributed by atoms with Crippen LogP contribution in [0.25, 0.3) is 0 Å². The zero-order valence-corrected chi connectivity index (χ0v) is 13.6. The SMILES string of the molecule is COc1cc(Cc2nc(C)c(C(=O)O)s2)cc(OC)c1OC. The van der Waals surface area contributed by atoms with Crippen LogP contribution in [0.1, 0.15) is 25.9 Å². The van der Waals surface area contributed by atoms with Crippen molar-refractivity contribution >= 4 is 17.3 Å². The van der Waals surface area contributed by atoms with Gasteiger partial charge in [0.05, 0.1) is 32.0 Å². The third-order valence-electron chi connectivity index (χ3n) is 3.11. The van der Waals surface area contributed by atoms with Crippen LogP contribution in [0.4, 0.5) is 0 Å². The summed E-state index contributed by atoms with van der Waals surface area (Å²) in [6.45, 7) is 1.69. The van der Waals surface area contributed by atoms with Crippen molar-refractivity contribution in [1.29, 1.82) is 0 Å². The predicted molar refractivity (Wildman–Crippen MR) is 82.7 cm³/mol. The van der Waals surface area contributed by atoms with Crippen molar-refractivity contribution < 1.29 is 24.1 Å². The van der Waals surface area contributed by atoms with Crippen LogP contribution >= 0.6 is 11.3 Å². The summed E-state index contributed by atoms with van der Waals surface area (Å²) in [7, 11) is 4.65. The Labute approximate surface area is 132 Å². The number of hydrogen-bond acceptors (Lipinski definition) is 6. The largest absolute Gasteiger partial charge is 0.493 e. The molecule has 118 valence electrons.